The quantitative estimate of drug-likeness (QED) is 0.509. The highest BCUT2D eigenvalue weighted by Gasteiger charge is 2.34. The van der Waals surface area contributed by atoms with Crippen LogP contribution in [0.5, 0.6) is 0 Å². The van der Waals surface area contributed by atoms with Crippen LogP contribution in [0, 0.1) is 17.8 Å². The summed E-state index contributed by atoms with van der Waals surface area (Å²) in [7, 11) is 0. The van der Waals surface area contributed by atoms with E-state index < -0.39 is 0 Å². The molecule has 1 saturated carbocycles. The van der Waals surface area contributed by atoms with Crippen molar-refractivity contribution in [3.63, 3.8) is 0 Å². The number of rotatable bonds is 8. The van der Waals surface area contributed by atoms with Gasteiger partial charge in [0.1, 0.15) is 0 Å². The first-order valence-corrected chi connectivity index (χ1v) is 11.3. The van der Waals surface area contributed by atoms with Gasteiger partial charge in [0.05, 0.1) is 0 Å². The Balaban J connectivity index is 1.58. The van der Waals surface area contributed by atoms with Crippen molar-refractivity contribution in [1.82, 2.24) is 9.80 Å². The Hall–Kier alpha value is -0.0800. The van der Waals surface area contributed by atoms with Crippen molar-refractivity contribution in [2.75, 3.05) is 26.2 Å². The Morgan fingerprint density at radius 3 is 2.08 bits per heavy atom. The second kappa shape index (κ2) is 9.74. The molecule has 0 spiro atoms. The van der Waals surface area contributed by atoms with Crippen molar-refractivity contribution < 1.29 is 0 Å². The molecule has 2 aliphatic rings. The molecule has 0 unspecified atom stereocenters. The molecule has 148 valence electrons. The van der Waals surface area contributed by atoms with Crippen LogP contribution in [0.2, 0.25) is 0 Å². The highest BCUT2D eigenvalue weighted by molar-refractivity contribution is 4.91. The number of hydrogen-bond acceptors (Lipinski definition) is 2. The molecule has 0 N–H and O–H groups in total. The van der Waals surface area contributed by atoms with E-state index in [1.165, 1.54) is 77.5 Å². The van der Waals surface area contributed by atoms with E-state index in [4.69, 9.17) is 0 Å². The summed E-state index contributed by atoms with van der Waals surface area (Å²) in [5, 5.41) is 0. The van der Waals surface area contributed by atoms with E-state index in [-0.39, 0.29) is 0 Å². The van der Waals surface area contributed by atoms with Crippen LogP contribution in [0.25, 0.3) is 0 Å². The minimum atomic E-state index is 0.335. The van der Waals surface area contributed by atoms with Crippen LogP contribution in [0.1, 0.15) is 92.9 Å². The van der Waals surface area contributed by atoms with E-state index in [9.17, 15) is 0 Å². The summed E-state index contributed by atoms with van der Waals surface area (Å²) in [6, 6.07) is 0.669. The Labute approximate surface area is 158 Å². The van der Waals surface area contributed by atoms with Gasteiger partial charge in [-0.2, -0.15) is 0 Å². The van der Waals surface area contributed by atoms with Crippen molar-refractivity contribution >= 4 is 0 Å². The molecule has 1 aliphatic carbocycles. The normalized spacial score (nSPS) is 28.8. The lowest BCUT2D eigenvalue weighted by Crippen LogP contribution is -2.61. The molecule has 1 saturated heterocycles. The summed E-state index contributed by atoms with van der Waals surface area (Å²) >= 11 is 0. The molecule has 0 aromatic heterocycles. The summed E-state index contributed by atoms with van der Waals surface area (Å²) in [5.41, 5.74) is 0.335. The van der Waals surface area contributed by atoms with Gasteiger partial charge in [0.25, 0.3) is 0 Å². The molecular formula is C23H46N2. The third kappa shape index (κ3) is 6.86. The van der Waals surface area contributed by atoms with Gasteiger partial charge in [-0.05, 0) is 64.8 Å². The molecule has 1 heterocycles. The van der Waals surface area contributed by atoms with Crippen molar-refractivity contribution in [1.29, 1.82) is 0 Å². The molecule has 25 heavy (non-hydrogen) atoms. The van der Waals surface area contributed by atoms with E-state index in [1.54, 1.807) is 0 Å². The van der Waals surface area contributed by atoms with Crippen molar-refractivity contribution in [3.05, 3.63) is 0 Å². The number of piperazine rings is 1. The Kier molecular flexibility index (Phi) is 8.27. The molecule has 1 aliphatic heterocycles. The van der Waals surface area contributed by atoms with Gasteiger partial charge < -0.3 is 4.90 Å². The molecule has 0 amide bonds. The molecule has 2 fully saturated rings. The summed E-state index contributed by atoms with van der Waals surface area (Å²) in [4.78, 5) is 5.40. The van der Waals surface area contributed by atoms with Crippen LogP contribution in [0.4, 0.5) is 0 Å². The first-order valence-electron chi connectivity index (χ1n) is 11.3. The van der Waals surface area contributed by atoms with Gasteiger partial charge >= 0.3 is 0 Å². The van der Waals surface area contributed by atoms with E-state index in [0.29, 0.717) is 11.6 Å². The van der Waals surface area contributed by atoms with Crippen LogP contribution < -0.4 is 0 Å². The lowest BCUT2D eigenvalue weighted by molar-refractivity contribution is -0.00203. The fourth-order valence-electron chi connectivity index (χ4n) is 5.61. The van der Waals surface area contributed by atoms with Gasteiger partial charge in [-0.25, -0.2) is 0 Å². The zero-order chi connectivity index (χ0) is 18.4. The van der Waals surface area contributed by atoms with Crippen LogP contribution >= 0.6 is 0 Å². The maximum absolute atomic E-state index is 2.72. The van der Waals surface area contributed by atoms with E-state index in [2.05, 4.69) is 51.3 Å². The second-order valence-electron chi connectivity index (χ2n) is 10.4. The predicted octanol–water partition coefficient (Wildman–Crippen LogP) is 5.81. The van der Waals surface area contributed by atoms with Crippen molar-refractivity contribution in [2.45, 2.75) is 104 Å². The highest BCUT2D eigenvalue weighted by Crippen LogP contribution is 2.35. The second-order valence-corrected chi connectivity index (χ2v) is 10.4. The summed E-state index contributed by atoms with van der Waals surface area (Å²) in [6.07, 6.45) is 11.8. The van der Waals surface area contributed by atoms with Crippen LogP contribution in [-0.4, -0.2) is 47.6 Å². The standard InChI is InChI=1S/C23H46N2/c1-19(2)17-22-12-10-21(11-13-22)9-7-8-14-24-15-16-25(20(3)4)23(5,6)18-24/h19-22H,7-18H2,1-6H3. The maximum Gasteiger partial charge on any atom is 0.0283 e. The smallest absolute Gasteiger partial charge is 0.0283 e. The van der Waals surface area contributed by atoms with Gasteiger partial charge in [0.2, 0.25) is 0 Å². The summed E-state index contributed by atoms with van der Waals surface area (Å²) in [5.74, 6) is 2.97. The molecule has 0 atom stereocenters. The third-order valence-corrected chi connectivity index (χ3v) is 6.78. The third-order valence-electron chi connectivity index (χ3n) is 6.78. The van der Waals surface area contributed by atoms with E-state index in [0.717, 1.165) is 17.8 Å². The fourth-order valence-corrected chi connectivity index (χ4v) is 5.61. The zero-order valence-electron chi connectivity index (χ0n) is 18.2. The minimum absolute atomic E-state index is 0.335. The van der Waals surface area contributed by atoms with E-state index in [1.807, 2.05) is 0 Å². The van der Waals surface area contributed by atoms with Crippen molar-refractivity contribution in [3.8, 4) is 0 Å². The monoisotopic (exact) mass is 350 g/mol. The molecule has 0 bridgehead atoms. The fraction of sp³-hybridized carbons (Fsp3) is 1.00. The number of unbranched alkanes of at least 4 members (excludes halogenated alkanes) is 1. The summed E-state index contributed by atoms with van der Waals surface area (Å²) < 4.78 is 0. The maximum atomic E-state index is 2.72. The lowest BCUT2D eigenvalue weighted by Gasteiger charge is -2.49. The van der Waals surface area contributed by atoms with Gasteiger partial charge in [-0.15, -0.1) is 0 Å². The largest absolute Gasteiger partial charge is 0.300 e. The van der Waals surface area contributed by atoms with Gasteiger partial charge in [-0.1, -0.05) is 52.4 Å². The molecular weight excluding hydrogens is 304 g/mol. The molecule has 0 aromatic carbocycles. The summed E-state index contributed by atoms with van der Waals surface area (Å²) in [6.45, 7) is 19.4. The Morgan fingerprint density at radius 2 is 1.52 bits per heavy atom. The highest BCUT2D eigenvalue weighted by atomic mass is 15.3. The molecule has 2 heteroatoms. The lowest BCUT2D eigenvalue weighted by atomic mass is 9.77. The van der Waals surface area contributed by atoms with Gasteiger partial charge in [0.15, 0.2) is 0 Å². The molecule has 0 aromatic rings. The first kappa shape index (κ1) is 21.2. The predicted molar refractivity (Wildman–Crippen MR) is 111 cm³/mol. The van der Waals surface area contributed by atoms with Crippen LogP contribution in [0.3, 0.4) is 0 Å². The topological polar surface area (TPSA) is 6.48 Å². The SMILES string of the molecule is CC(C)CC1CCC(CCCCN2CCN(C(C)C)C(C)(C)C2)CC1. The average Bonchev–Trinajstić information content (AvgIpc) is 2.51. The number of nitrogens with zero attached hydrogens (tertiary/aromatic N) is 2. The average molecular weight is 351 g/mol. The van der Waals surface area contributed by atoms with Gasteiger partial charge in [0, 0.05) is 31.2 Å². The Morgan fingerprint density at radius 1 is 0.880 bits per heavy atom. The molecule has 0 radical (unpaired) electrons. The first-order chi connectivity index (χ1) is 11.8. The number of hydrogen-bond donors (Lipinski definition) is 0. The van der Waals surface area contributed by atoms with E-state index >= 15 is 0 Å². The molecule has 2 nitrogen and oxygen atoms in total. The van der Waals surface area contributed by atoms with Gasteiger partial charge in [-0.3, -0.25) is 4.90 Å². The Bertz CT molecular complexity index is 366. The van der Waals surface area contributed by atoms with Crippen LogP contribution in [0.15, 0.2) is 0 Å². The van der Waals surface area contributed by atoms with Crippen molar-refractivity contribution in [2.24, 2.45) is 17.8 Å². The zero-order valence-corrected chi connectivity index (χ0v) is 18.2. The molecule has 2 rings (SSSR count). The minimum Gasteiger partial charge on any atom is -0.300 e. The van der Waals surface area contributed by atoms with Crippen LogP contribution in [-0.2, 0) is 0 Å².